The van der Waals surface area contributed by atoms with Gasteiger partial charge in [0.15, 0.2) is 0 Å². The van der Waals surface area contributed by atoms with E-state index in [9.17, 15) is 4.79 Å². The Morgan fingerprint density at radius 3 is 2.38 bits per heavy atom. The van der Waals surface area contributed by atoms with Crippen molar-refractivity contribution in [2.24, 2.45) is 0 Å². The first-order valence-electron chi connectivity index (χ1n) is 10.4. The summed E-state index contributed by atoms with van der Waals surface area (Å²) in [6.45, 7) is 0.623. The molecule has 1 amide bonds. The molecule has 0 aliphatic rings. The van der Waals surface area contributed by atoms with Crippen LogP contribution in [0, 0.1) is 11.3 Å². The molecule has 6 heteroatoms. The standard InChI is InChI=1S/C26H23N5O/c27-16-20-8-6-19(7-9-20)14-15-28-25(22-4-2-1-3-5-22)26(32)31-24-12-10-21(11-13-24)23-17-29-30-18-23/h1-13,17-18,25,28H,14-15H2,(H,29,30)(H,31,32)/t25-/m0/s1. The largest absolute Gasteiger partial charge is 0.324 e. The number of hydrogen-bond donors (Lipinski definition) is 3. The van der Waals surface area contributed by atoms with Gasteiger partial charge in [-0.05, 0) is 47.4 Å². The van der Waals surface area contributed by atoms with Crippen LogP contribution >= 0.6 is 0 Å². The molecule has 1 aromatic heterocycles. The van der Waals surface area contributed by atoms with E-state index in [2.05, 4.69) is 26.9 Å². The van der Waals surface area contributed by atoms with Crippen LogP contribution in [-0.2, 0) is 11.2 Å². The Kier molecular flexibility index (Phi) is 6.71. The molecule has 4 aromatic rings. The summed E-state index contributed by atoms with van der Waals surface area (Å²) in [6.07, 6.45) is 4.34. The van der Waals surface area contributed by atoms with Gasteiger partial charge in [-0.15, -0.1) is 0 Å². The number of nitrogens with zero attached hydrogens (tertiary/aromatic N) is 2. The molecule has 3 aromatic carbocycles. The van der Waals surface area contributed by atoms with Crippen molar-refractivity contribution in [3.63, 3.8) is 0 Å². The molecule has 0 saturated heterocycles. The predicted octanol–water partition coefficient (Wildman–Crippen LogP) is 4.46. The second-order valence-corrected chi connectivity index (χ2v) is 7.41. The number of carbonyl (C=O) groups is 1. The first-order valence-corrected chi connectivity index (χ1v) is 10.4. The van der Waals surface area contributed by atoms with Crippen LogP contribution in [0.5, 0.6) is 0 Å². The topological polar surface area (TPSA) is 93.6 Å². The van der Waals surface area contributed by atoms with Crippen molar-refractivity contribution in [1.82, 2.24) is 15.5 Å². The molecule has 0 saturated carbocycles. The average molecular weight is 422 g/mol. The van der Waals surface area contributed by atoms with Crippen molar-refractivity contribution in [2.75, 3.05) is 11.9 Å². The summed E-state index contributed by atoms with van der Waals surface area (Å²) in [6, 6.07) is 26.5. The molecule has 1 atom stereocenters. The van der Waals surface area contributed by atoms with E-state index in [1.807, 2.05) is 85.1 Å². The fourth-order valence-electron chi connectivity index (χ4n) is 3.48. The van der Waals surface area contributed by atoms with Crippen molar-refractivity contribution < 1.29 is 4.79 Å². The summed E-state index contributed by atoms with van der Waals surface area (Å²) < 4.78 is 0. The third-order valence-corrected chi connectivity index (χ3v) is 5.22. The maximum atomic E-state index is 13.1. The first kappa shape index (κ1) is 21.0. The number of hydrogen-bond acceptors (Lipinski definition) is 4. The van der Waals surface area contributed by atoms with Gasteiger partial charge in [0.2, 0.25) is 5.91 Å². The third kappa shape index (κ3) is 5.28. The molecule has 0 fully saturated rings. The smallest absolute Gasteiger partial charge is 0.246 e. The third-order valence-electron chi connectivity index (χ3n) is 5.22. The molecule has 32 heavy (non-hydrogen) atoms. The van der Waals surface area contributed by atoms with E-state index < -0.39 is 6.04 Å². The van der Waals surface area contributed by atoms with E-state index in [1.54, 1.807) is 6.20 Å². The molecule has 1 heterocycles. The summed E-state index contributed by atoms with van der Waals surface area (Å²) >= 11 is 0. The van der Waals surface area contributed by atoms with Crippen molar-refractivity contribution in [1.29, 1.82) is 5.26 Å². The zero-order valence-electron chi connectivity index (χ0n) is 17.5. The second-order valence-electron chi connectivity index (χ2n) is 7.41. The van der Waals surface area contributed by atoms with Crippen molar-refractivity contribution in [3.8, 4) is 17.2 Å². The minimum absolute atomic E-state index is 0.118. The van der Waals surface area contributed by atoms with Gasteiger partial charge >= 0.3 is 0 Å². The fraction of sp³-hybridized carbons (Fsp3) is 0.115. The Labute approximate surface area is 186 Å². The van der Waals surface area contributed by atoms with E-state index in [0.717, 1.165) is 34.4 Å². The van der Waals surface area contributed by atoms with Crippen LogP contribution in [0.3, 0.4) is 0 Å². The zero-order valence-corrected chi connectivity index (χ0v) is 17.5. The lowest BCUT2D eigenvalue weighted by Gasteiger charge is -2.19. The molecule has 0 radical (unpaired) electrons. The van der Waals surface area contributed by atoms with Gasteiger partial charge in [0.05, 0.1) is 17.8 Å². The lowest BCUT2D eigenvalue weighted by Crippen LogP contribution is -2.34. The second kappa shape index (κ2) is 10.2. The summed E-state index contributed by atoms with van der Waals surface area (Å²) in [4.78, 5) is 13.1. The van der Waals surface area contributed by atoms with Gasteiger partial charge in [-0.3, -0.25) is 9.89 Å². The highest BCUT2D eigenvalue weighted by molar-refractivity contribution is 5.95. The first-order chi connectivity index (χ1) is 15.7. The number of aromatic amines is 1. The number of nitriles is 1. The minimum Gasteiger partial charge on any atom is -0.324 e. The molecule has 0 aliphatic heterocycles. The van der Waals surface area contributed by atoms with Gasteiger partial charge < -0.3 is 10.6 Å². The zero-order chi connectivity index (χ0) is 22.2. The van der Waals surface area contributed by atoms with Gasteiger partial charge in [-0.2, -0.15) is 10.4 Å². The van der Waals surface area contributed by atoms with Gasteiger partial charge in [0.25, 0.3) is 0 Å². The Morgan fingerprint density at radius 1 is 0.969 bits per heavy atom. The Morgan fingerprint density at radius 2 is 1.72 bits per heavy atom. The Hall–Kier alpha value is -4.21. The van der Waals surface area contributed by atoms with E-state index >= 15 is 0 Å². The van der Waals surface area contributed by atoms with Gasteiger partial charge in [0.1, 0.15) is 6.04 Å². The number of carbonyl (C=O) groups excluding carboxylic acids is 1. The lowest BCUT2D eigenvalue weighted by molar-refractivity contribution is -0.118. The van der Waals surface area contributed by atoms with Crippen LogP contribution in [0.4, 0.5) is 5.69 Å². The molecule has 0 aliphatic carbocycles. The van der Waals surface area contributed by atoms with Crippen LogP contribution in [0.25, 0.3) is 11.1 Å². The molecule has 3 N–H and O–H groups in total. The maximum absolute atomic E-state index is 13.1. The highest BCUT2D eigenvalue weighted by Crippen LogP contribution is 2.21. The van der Waals surface area contributed by atoms with Crippen LogP contribution in [0.1, 0.15) is 22.7 Å². The van der Waals surface area contributed by atoms with Crippen LogP contribution in [0.15, 0.2) is 91.3 Å². The number of aromatic nitrogens is 2. The highest BCUT2D eigenvalue weighted by Gasteiger charge is 2.20. The average Bonchev–Trinajstić information content (AvgIpc) is 3.38. The predicted molar refractivity (Wildman–Crippen MR) is 125 cm³/mol. The molecule has 0 bridgehead atoms. The summed E-state index contributed by atoms with van der Waals surface area (Å²) in [5.41, 5.74) is 5.41. The van der Waals surface area contributed by atoms with E-state index in [-0.39, 0.29) is 5.91 Å². The molecule has 158 valence electrons. The van der Waals surface area contributed by atoms with Crippen molar-refractivity contribution in [3.05, 3.63) is 108 Å². The molecule has 6 nitrogen and oxygen atoms in total. The van der Waals surface area contributed by atoms with E-state index in [0.29, 0.717) is 12.1 Å². The van der Waals surface area contributed by atoms with Crippen LogP contribution in [-0.4, -0.2) is 22.6 Å². The maximum Gasteiger partial charge on any atom is 0.246 e. The number of nitrogens with one attached hydrogen (secondary N) is 3. The molecular formula is C26H23N5O. The van der Waals surface area contributed by atoms with Gasteiger partial charge in [-0.1, -0.05) is 54.6 Å². The highest BCUT2D eigenvalue weighted by atomic mass is 16.2. The SMILES string of the molecule is N#Cc1ccc(CCN[C@H](C(=O)Nc2ccc(-c3cn[nH]c3)cc2)c2ccccc2)cc1. The molecule has 0 spiro atoms. The molecule has 0 unspecified atom stereocenters. The molecular weight excluding hydrogens is 398 g/mol. The van der Waals surface area contributed by atoms with Crippen LogP contribution in [0.2, 0.25) is 0 Å². The summed E-state index contributed by atoms with van der Waals surface area (Å²) in [5, 5.41) is 22.1. The van der Waals surface area contributed by atoms with E-state index in [1.165, 1.54) is 0 Å². The number of anilines is 1. The van der Waals surface area contributed by atoms with Crippen molar-refractivity contribution >= 4 is 11.6 Å². The Balaban J connectivity index is 1.42. The molecule has 4 rings (SSSR count). The lowest BCUT2D eigenvalue weighted by atomic mass is 10.0. The monoisotopic (exact) mass is 421 g/mol. The number of rotatable bonds is 8. The normalized spacial score (nSPS) is 11.5. The summed E-state index contributed by atoms with van der Waals surface area (Å²) in [7, 11) is 0. The van der Waals surface area contributed by atoms with Gasteiger partial charge in [-0.25, -0.2) is 0 Å². The van der Waals surface area contributed by atoms with Crippen LogP contribution < -0.4 is 10.6 Å². The fourth-order valence-corrected chi connectivity index (χ4v) is 3.48. The number of H-pyrrole nitrogens is 1. The van der Waals surface area contributed by atoms with Gasteiger partial charge in [0, 0.05) is 24.0 Å². The number of amides is 1. The van der Waals surface area contributed by atoms with E-state index in [4.69, 9.17) is 5.26 Å². The minimum atomic E-state index is -0.483. The summed E-state index contributed by atoms with van der Waals surface area (Å²) in [5.74, 6) is -0.118. The quantitative estimate of drug-likeness (QED) is 0.392. The van der Waals surface area contributed by atoms with Crippen molar-refractivity contribution in [2.45, 2.75) is 12.5 Å². The Bertz CT molecular complexity index is 1180. The number of benzene rings is 3.